The minimum Gasteiger partial charge on any atom is -0.367 e. The standard InChI is InChI=1S/C22H30N6O/c1-16(29)25-19-14-20(27-22(15-19)28-11-9-23-10-12-28)17-7-8-24-21(13-17)26-18-5-3-2-4-6-18/h7-8,13-15,18,23H,2-6,9-12H2,1H3,(H,24,26)(H,25,27,29). The summed E-state index contributed by atoms with van der Waals surface area (Å²) in [7, 11) is 0. The smallest absolute Gasteiger partial charge is 0.221 e. The van der Waals surface area contributed by atoms with E-state index in [2.05, 4.69) is 31.9 Å². The van der Waals surface area contributed by atoms with Crippen LogP contribution in [0.5, 0.6) is 0 Å². The van der Waals surface area contributed by atoms with Crippen LogP contribution in [0.15, 0.2) is 30.5 Å². The van der Waals surface area contributed by atoms with Gasteiger partial charge in [-0.1, -0.05) is 19.3 Å². The van der Waals surface area contributed by atoms with E-state index in [1.807, 2.05) is 24.4 Å². The van der Waals surface area contributed by atoms with Crippen LogP contribution in [0.25, 0.3) is 11.3 Å². The molecule has 0 atom stereocenters. The molecule has 3 heterocycles. The van der Waals surface area contributed by atoms with Crippen molar-refractivity contribution in [3.8, 4) is 11.3 Å². The maximum atomic E-state index is 11.6. The molecular formula is C22H30N6O. The molecule has 2 aliphatic rings. The third-order valence-electron chi connectivity index (χ3n) is 5.59. The molecule has 1 aliphatic heterocycles. The highest BCUT2D eigenvalue weighted by molar-refractivity contribution is 5.90. The average molecular weight is 395 g/mol. The van der Waals surface area contributed by atoms with Gasteiger partial charge in [0.05, 0.1) is 5.69 Å². The number of rotatable bonds is 5. The Morgan fingerprint density at radius 2 is 1.93 bits per heavy atom. The predicted octanol–water partition coefficient (Wildman–Crippen LogP) is 3.26. The van der Waals surface area contributed by atoms with Crippen LogP contribution in [0.3, 0.4) is 0 Å². The number of hydrogen-bond donors (Lipinski definition) is 3. The van der Waals surface area contributed by atoms with Gasteiger partial charge in [0.1, 0.15) is 11.6 Å². The first-order valence-corrected chi connectivity index (χ1v) is 10.7. The van der Waals surface area contributed by atoms with E-state index in [0.717, 1.165) is 54.8 Å². The van der Waals surface area contributed by atoms with Crippen LogP contribution in [0.4, 0.5) is 17.3 Å². The molecule has 0 unspecified atom stereocenters. The maximum absolute atomic E-state index is 11.6. The van der Waals surface area contributed by atoms with Crippen molar-refractivity contribution in [1.82, 2.24) is 15.3 Å². The average Bonchev–Trinajstić information content (AvgIpc) is 2.75. The minimum atomic E-state index is -0.0807. The van der Waals surface area contributed by atoms with E-state index in [1.165, 1.54) is 39.0 Å². The lowest BCUT2D eigenvalue weighted by atomic mass is 9.95. The number of anilines is 3. The van der Waals surface area contributed by atoms with Gasteiger partial charge >= 0.3 is 0 Å². The Bertz CT molecular complexity index is 843. The topological polar surface area (TPSA) is 82.2 Å². The highest BCUT2D eigenvalue weighted by Gasteiger charge is 2.16. The van der Waals surface area contributed by atoms with Gasteiger partial charge < -0.3 is 20.9 Å². The van der Waals surface area contributed by atoms with Crippen molar-refractivity contribution >= 4 is 23.2 Å². The summed E-state index contributed by atoms with van der Waals surface area (Å²) < 4.78 is 0. The van der Waals surface area contributed by atoms with Gasteiger partial charge in [-0.05, 0) is 31.0 Å². The van der Waals surface area contributed by atoms with Crippen LogP contribution in [0, 0.1) is 0 Å². The lowest BCUT2D eigenvalue weighted by Gasteiger charge is -2.29. The number of carbonyl (C=O) groups excluding carboxylic acids is 1. The lowest BCUT2D eigenvalue weighted by Crippen LogP contribution is -2.43. The second-order valence-electron chi connectivity index (χ2n) is 7.93. The summed E-state index contributed by atoms with van der Waals surface area (Å²) in [6.45, 7) is 5.21. The Morgan fingerprint density at radius 3 is 2.69 bits per heavy atom. The van der Waals surface area contributed by atoms with Crippen molar-refractivity contribution in [2.24, 2.45) is 0 Å². The number of amides is 1. The quantitative estimate of drug-likeness (QED) is 0.722. The van der Waals surface area contributed by atoms with Gasteiger partial charge in [-0.15, -0.1) is 0 Å². The molecule has 0 spiro atoms. The number of carbonyl (C=O) groups is 1. The number of nitrogens with one attached hydrogen (secondary N) is 3. The largest absolute Gasteiger partial charge is 0.367 e. The van der Waals surface area contributed by atoms with Crippen LogP contribution < -0.4 is 20.9 Å². The number of nitrogens with zero attached hydrogens (tertiary/aromatic N) is 3. The summed E-state index contributed by atoms with van der Waals surface area (Å²) in [5.74, 6) is 1.71. The number of hydrogen-bond acceptors (Lipinski definition) is 6. The third-order valence-corrected chi connectivity index (χ3v) is 5.59. The molecule has 2 aromatic rings. The highest BCUT2D eigenvalue weighted by Crippen LogP contribution is 2.28. The molecular weight excluding hydrogens is 364 g/mol. The van der Waals surface area contributed by atoms with Crippen LogP contribution in [0.2, 0.25) is 0 Å². The lowest BCUT2D eigenvalue weighted by molar-refractivity contribution is -0.114. The van der Waals surface area contributed by atoms with Crippen LogP contribution in [-0.4, -0.2) is 48.1 Å². The number of pyridine rings is 2. The normalized spacial score (nSPS) is 17.8. The van der Waals surface area contributed by atoms with Crippen molar-refractivity contribution < 1.29 is 4.79 Å². The fraction of sp³-hybridized carbons (Fsp3) is 0.500. The van der Waals surface area contributed by atoms with E-state index >= 15 is 0 Å². The zero-order chi connectivity index (χ0) is 20.1. The number of aromatic nitrogens is 2. The first kappa shape index (κ1) is 19.6. The fourth-order valence-electron chi connectivity index (χ4n) is 4.12. The van der Waals surface area contributed by atoms with E-state index in [1.54, 1.807) is 0 Å². The van der Waals surface area contributed by atoms with Gasteiger partial charge in [-0.3, -0.25) is 4.79 Å². The van der Waals surface area contributed by atoms with Gasteiger partial charge in [0.25, 0.3) is 0 Å². The molecule has 0 aromatic carbocycles. The summed E-state index contributed by atoms with van der Waals surface area (Å²) in [6.07, 6.45) is 8.14. The molecule has 7 nitrogen and oxygen atoms in total. The third kappa shape index (κ3) is 5.23. The van der Waals surface area contributed by atoms with Crippen LogP contribution in [0.1, 0.15) is 39.0 Å². The van der Waals surface area contributed by atoms with Gasteiger partial charge in [0, 0.05) is 62.7 Å². The number of piperazine rings is 1. The fourth-order valence-corrected chi connectivity index (χ4v) is 4.12. The van der Waals surface area contributed by atoms with E-state index in [9.17, 15) is 4.79 Å². The molecule has 1 saturated carbocycles. The SMILES string of the molecule is CC(=O)Nc1cc(-c2ccnc(NC3CCCCC3)c2)nc(N2CCNCC2)c1. The zero-order valence-corrected chi connectivity index (χ0v) is 17.1. The monoisotopic (exact) mass is 394 g/mol. The van der Waals surface area contributed by atoms with Crippen LogP contribution in [-0.2, 0) is 4.79 Å². The molecule has 1 saturated heterocycles. The Balaban J connectivity index is 1.62. The van der Waals surface area contributed by atoms with E-state index in [0.29, 0.717) is 6.04 Å². The molecule has 29 heavy (non-hydrogen) atoms. The maximum Gasteiger partial charge on any atom is 0.221 e. The predicted molar refractivity (Wildman–Crippen MR) is 117 cm³/mol. The van der Waals surface area contributed by atoms with Crippen molar-refractivity contribution in [3.05, 3.63) is 30.5 Å². The van der Waals surface area contributed by atoms with Crippen molar-refractivity contribution in [2.45, 2.75) is 45.1 Å². The van der Waals surface area contributed by atoms with E-state index in [-0.39, 0.29) is 5.91 Å². The van der Waals surface area contributed by atoms with Gasteiger partial charge in [-0.2, -0.15) is 0 Å². The molecule has 3 N–H and O–H groups in total. The molecule has 2 fully saturated rings. The Labute approximate surface area is 172 Å². The molecule has 1 aliphatic carbocycles. The van der Waals surface area contributed by atoms with Crippen LogP contribution >= 0.6 is 0 Å². The molecule has 0 radical (unpaired) electrons. The molecule has 7 heteroatoms. The van der Waals surface area contributed by atoms with E-state index < -0.39 is 0 Å². The van der Waals surface area contributed by atoms with Gasteiger partial charge in [0.15, 0.2) is 0 Å². The highest BCUT2D eigenvalue weighted by atomic mass is 16.1. The zero-order valence-electron chi connectivity index (χ0n) is 17.1. The molecule has 4 rings (SSSR count). The summed E-state index contributed by atoms with van der Waals surface area (Å²) >= 11 is 0. The Kier molecular flexibility index (Phi) is 6.24. The first-order valence-electron chi connectivity index (χ1n) is 10.7. The Hall–Kier alpha value is -2.67. The second kappa shape index (κ2) is 9.22. The summed E-state index contributed by atoms with van der Waals surface area (Å²) in [6, 6.07) is 8.44. The molecule has 0 bridgehead atoms. The molecule has 1 amide bonds. The second-order valence-corrected chi connectivity index (χ2v) is 7.93. The first-order chi connectivity index (χ1) is 14.2. The Morgan fingerprint density at radius 1 is 1.14 bits per heavy atom. The molecule has 2 aromatic heterocycles. The summed E-state index contributed by atoms with van der Waals surface area (Å²) in [4.78, 5) is 23.3. The molecule has 154 valence electrons. The van der Waals surface area contributed by atoms with E-state index in [4.69, 9.17) is 4.98 Å². The van der Waals surface area contributed by atoms with Crippen molar-refractivity contribution in [2.75, 3.05) is 41.7 Å². The minimum absolute atomic E-state index is 0.0807. The van der Waals surface area contributed by atoms with Gasteiger partial charge in [-0.25, -0.2) is 9.97 Å². The van der Waals surface area contributed by atoms with Crippen molar-refractivity contribution in [3.63, 3.8) is 0 Å². The van der Waals surface area contributed by atoms with Gasteiger partial charge in [0.2, 0.25) is 5.91 Å². The summed E-state index contributed by atoms with van der Waals surface area (Å²) in [5, 5.41) is 9.88. The summed E-state index contributed by atoms with van der Waals surface area (Å²) in [5.41, 5.74) is 2.62. The van der Waals surface area contributed by atoms with Crippen molar-refractivity contribution in [1.29, 1.82) is 0 Å².